The van der Waals surface area contributed by atoms with Gasteiger partial charge in [-0.05, 0) is 106 Å². The van der Waals surface area contributed by atoms with E-state index in [1.807, 2.05) is 29.7 Å². The van der Waals surface area contributed by atoms with Crippen LogP contribution in [-0.2, 0) is 15.4 Å². The van der Waals surface area contributed by atoms with Gasteiger partial charge in [0.15, 0.2) is 0 Å². The molecule has 0 spiro atoms. The number of nitrogens with zero attached hydrogens (tertiary/aromatic N) is 5. The first-order valence-corrected chi connectivity index (χ1v) is 17.4. The molecule has 6 rings (SSSR count). The van der Waals surface area contributed by atoms with E-state index in [2.05, 4.69) is 19.6 Å². The molecule has 2 atom stereocenters. The lowest BCUT2D eigenvalue weighted by Crippen LogP contribution is -2.46. The van der Waals surface area contributed by atoms with Crippen molar-refractivity contribution < 1.29 is 22.4 Å². The monoisotopic (exact) mass is 648 g/mol. The third-order valence-corrected chi connectivity index (χ3v) is 11.8. The van der Waals surface area contributed by atoms with Crippen molar-refractivity contribution in [2.45, 2.75) is 43.4 Å². The fourth-order valence-electron chi connectivity index (χ4n) is 7.59. The number of halogens is 1. The Bertz CT molecular complexity index is 1690. The van der Waals surface area contributed by atoms with Gasteiger partial charge in [0.25, 0.3) is 11.8 Å². The molecule has 2 unspecified atom stereocenters. The summed E-state index contributed by atoms with van der Waals surface area (Å²) in [5.74, 6) is 0.435. The van der Waals surface area contributed by atoms with Gasteiger partial charge in [-0.25, -0.2) is 27.5 Å². The lowest BCUT2D eigenvalue weighted by Gasteiger charge is -2.43. The van der Waals surface area contributed by atoms with E-state index in [9.17, 15) is 22.4 Å². The van der Waals surface area contributed by atoms with Gasteiger partial charge in [0.2, 0.25) is 10.0 Å². The molecule has 1 aromatic heterocycles. The number of benzene rings is 2. The molecule has 0 saturated carbocycles. The Labute approximate surface area is 270 Å². The van der Waals surface area contributed by atoms with Crippen molar-refractivity contribution in [1.82, 2.24) is 29.4 Å². The Balaban J connectivity index is 1.09. The zero-order valence-electron chi connectivity index (χ0n) is 26.6. The molecular weight excluding hydrogens is 607 g/mol. The van der Waals surface area contributed by atoms with Crippen molar-refractivity contribution in [2.75, 3.05) is 52.9 Å². The molecule has 3 fully saturated rings. The Hall–Kier alpha value is -3.74. The van der Waals surface area contributed by atoms with Crippen molar-refractivity contribution in [3.05, 3.63) is 88.8 Å². The van der Waals surface area contributed by atoms with Crippen LogP contribution in [0.15, 0.2) is 59.8 Å². The van der Waals surface area contributed by atoms with Crippen molar-refractivity contribution >= 4 is 21.8 Å². The fourth-order valence-corrected chi connectivity index (χ4v) is 8.32. The second-order valence-electron chi connectivity index (χ2n) is 13.0. The quantitative estimate of drug-likeness (QED) is 0.398. The van der Waals surface area contributed by atoms with Crippen LogP contribution >= 0.6 is 0 Å². The number of amides is 2. The Morgan fingerprint density at radius 3 is 2.13 bits per heavy atom. The summed E-state index contributed by atoms with van der Waals surface area (Å²) < 4.78 is 40.9. The number of hydrogen-bond donors (Lipinski definition) is 1. The fraction of sp³-hybridized carbons (Fsp3) is 0.471. The molecule has 4 heterocycles. The molecule has 244 valence electrons. The first-order chi connectivity index (χ1) is 22.0. The first-order valence-electron chi connectivity index (χ1n) is 15.9. The van der Waals surface area contributed by atoms with E-state index >= 15 is 0 Å². The minimum absolute atomic E-state index is 0.0156. The van der Waals surface area contributed by atoms with E-state index in [0.29, 0.717) is 60.3 Å². The number of likely N-dealkylation sites (tertiary alicyclic amines) is 3. The van der Waals surface area contributed by atoms with E-state index < -0.39 is 10.0 Å². The van der Waals surface area contributed by atoms with Crippen LogP contribution in [0.4, 0.5) is 4.39 Å². The summed E-state index contributed by atoms with van der Waals surface area (Å²) in [6.07, 6.45) is 3.75. The first kappa shape index (κ1) is 32.2. The van der Waals surface area contributed by atoms with Crippen LogP contribution in [0.1, 0.15) is 56.9 Å². The van der Waals surface area contributed by atoms with Crippen molar-refractivity contribution in [1.29, 1.82) is 0 Å². The zero-order chi connectivity index (χ0) is 32.6. The molecule has 46 heavy (non-hydrogen) atoms. The van der Waals surface area contributed by atoms with Gasteiger partial charge >= 0.3 is 0 Å². The Morgan fingerprint density at radius 1 is 0.913 bits per heavy atom. The highest BCUT2D eigenvalue weighted by Crippen LogP contribution is 2.41. The summed E-state index contributed by atoms with van der Waals surface area (Å²) in [5.41, 5.74) is 3.17. The number of sulfonamides is 1. The molecule has 1 N–H and O–H groups in total. The maximum Gasteiger partial charge on any atom is 0.257 e. The number of rotatable bonds is 8. The van der Waals surface area contributed by atoms with E-state index in [1.54, 1.807) is 24.3 Å². The normalized spacial score (nSPS) is 21.4. The highest BCUT2D eigenvalue weighted by Gasteiger charge is 2.44. The van der Waals surface area contributed by atoms with Gasteiger partial charge < -0.3 is 14.7 Å². The molecule has 12 heteroatoms. The molecule has 3 aromatic rings. The molecule has 10 nitrogen and oxygen atoms in total. The third-order valence-electron chi connectivity index (χ3n) is 10.3. The van der Waals surface area contributed by atoms with Crippen LogP contribution < -0.4 is 4.72 Å². The van der Waals surface area contributed by atoms with E-state index in [0.717, 1.165) is 44.7 Å². The Kier molecular flexibility index (Phi) is 8.97. The number of nitrogens with one attached hydrogen (secondary N) is 1. The standard InChI is InChI=1S/C34H41FN6O4S/c1-23-31(24(2)38-22-37-23)33(43)41-20-26-18-39(19-27(26)21-41)14-11-34(28-5-4-6-29(35)17-28)12-15-40(16-13-34)32(42)25-7-9-30(10-8-25)46(44,45)36-3/h4-10,17,22,26-27,36H,11-16,18-21H2,1-3H3. The summed E-state index contributed by atoms with van der Waals surface area (Å²) in [7, 11) is -2.24. The predicted molar refractivity (Wildman–Crippen MR) is 171 cm³/mol. The highest BCUT2D eigenvalue weighted by atomic mass is 32.2. The van der Waals surface area contributed by atoms with Crippen LogP contribution in [0.2, 0.25) is 0 Å². The number of fused-ring (bicyclic) bond motifs is 1. The van der Waals surface area contributed by atoms with Crippen LogP contribution in [0, 0.1) is 31.5 Å². The molecule has 0 aliphatic carbocycles. The molecule has 3 aliphatic heterocycles. The van der Waals surface area contributed by atoms with Gasteiger partial charge in [0.1, 0.15) is 12.1 Å². The van der Waals surface area contributed by atoms with Crippen molar-refractivity contribution in [2.24, 2.45) is 11.8 Å². The van der Waals surface area contributed by atoms with Crippen LogP contribution in [-0.4, -0.2) is 97.8 Å². The SMILES string of the molecule is CNS(=O)(=O)c1ccc(C(=O)N2CCC(CCN3CC4CN(C(=O)c5c(C)ncnc5C)CC4C3)(c3cccc(F)c3)CC2)cc1. The van der Waals surface area contributed by atoms with E-state index in [-0.39, 0.29) is 27.9 Å². The van der Waals surface area contributed by atoms with Crippen LogP contribution in [0.5, 0.6) is 0 Å². The molecule has 3 aliphatic rings. The van der Waals surface area contributed by atoms with Crippen LogP contribution in [0.3, 0.4) is 0 Å². The minimum Gasteiger partial charge on any atom is -0.339 e. The Morgan fingerprint density at radius 2 is 1.54 bits per heavy atom. The summed E-state index contributed by atoms with van der Waals surface area (Å²) in [5, 5.41) is 0. The molecule has 3 saturated heterocycles. The summed E-state index contributed by atoms with van der Waals surface area (Å²) in [6, 6.07) is 12.9. The van der Waals surface area contributed by atoms with Gasteiger partial charge in [-0.1, -0.05) is 12.1 Å². The highest BCUT2D eigenvalue weighted by molar-refractivity contribution is 7.89. The number of carbonyl (C=O) groups is 2. The number of carbonyl (C=O) groups excluding carboxylic acids is 2. The van der Waals surface area contributed by atoms with Gasteiger partial charge in [0, 0.05) is 44.8 Å². The second-order valence-corrected chi connectivity index (χ2v) is 14.9. The predicted octanol–water partition coefficient (Wildman–Crippen LogP) is 3.41. The molecule has 0 bridgehead atoms. The number of hydrogen-bond acceptors (Lipinski definition) is 7. The minimum atomic E-state index is -3.59. The lowest BCUT2D eigenvalue weighted by molar-refractivity contribution is 0.0649. The summed E-state index contributed by atoms with van der Waals surface area (Å²) in [6.45, 7) is 8.90. The molecule has 2 amide bonds. The maximum absolute atomic E-state index is 14.5. The topological polar surface area (TPSA) is 116 Å². The van der Waals surface area contributed by atoms with Crippen molar-refractivity contribution in [3.8, 4) is 0 Å². The average Bonchev–Trinajstić information content (AvgIpc) is 3.63. The van der Waals surface area contributed by atoms with E-state index in [4.69, 9.17) is 0 Å². The number of aryl methyl sites for hydroxylation is 2. The number of piperidine rings is 1. The number of aromatic nitrogens is 2. The average molecular weight is 649 g/mol. The van der Waals surface area contributed by atoms with Crippen LogP contribution in [0.25, 0.3) is 0 Å². The largest absolute Gasteiger partial charge is 0.339 e. The maximum atomic E-state index is 14.5. The summed E-state index contributed by atoms with van der Waals surface area (Å²) >= 11 is 0. The smallest absolute Gasteiger partial charge is 0.257 e. The second kappa shape index (κ2) is 12.8. The zero-order valence-corrected chi connectivity index (χ0v) is 27.4. The molecule has 0 radical (unpaired) electrons. The molecule has 2 aromatic carbocycles. The van der Waals surface area contributed by atoms with Crippen molar-refractivity contribution in [3.63, 3.8) is 0 Å². The van der Waals surface area contributed by atoms with Gasteiger partial charge in [-0.15, -0.1) is 0 Å². The summed E-state index contributed by atoms with van der Waals surface area (Å²) in [4.78, 5) is 41.5. The third kappa shape index (κ3) is 6.30. The lowest BCUT2D eigenvalue weighted by atomic mass is 9.70. The molecular formula is C34H41FN6O4S. The van der Waals surface area contributed by atoms with E-state index in [1.165, 1.54) is 31.6 Å². The van der Waals surface area contributed by atoms with Gasteiger partial charge in [-0.3, -0.25) is 9.59 Å². The van der Waals surface area contributed by atoms with Gasteiger partial charge in [0.05, 0.1) is 21.8 Å². The van der Waals surface area contributed by atoms with Gasteiger partial charge in [-0.2, -0.15) is 0 Å².